The Bertz CT molecular complexity index is 719. The number of carbonyl (C=O) groups excluding carboxylic acids is 1. The average molecular weight is 375 g/mol. The number of sulfone groups is 1. The standard InChI is InChI=1S/C17H20F3NO3S/c18-17(19,20)9-8-16(22)21-12-6-7-13(21)11-15(10-12)25(23,24)14-4-2-1-3-5-14/h1-5,12-13,15H,6-11H2. The molecule has 2 heterocycles. The minimum Gasteiger partial charge on any atom is -0.337 e. The van der Waals surface area contributed by atoms with Crippen LogP contribution >= 0.6 is 0 Å². The molecule has 0 aliphatic carbocycles. The predicted octanol–water partition coefficient (Wildman–Crippen LogP) is 3.32. The summed E-state index contributed by atoms with van der Waals surface area (Å²) in [6.45, 7) is 0. The molecule has 2 saturated heterocycles. The van der Waals surface area contributed by atoms with Crippen LogP contribution in [0.5, 0.6) is 0 Å². The van der Waals surface area contributed by atoms with E-state index >= 15 is 0 Å². The summed E-state index contributed by atoms with van der Waals surface area (Å²) in [7, 11) is -3.49. The van der Waals surface area contributed by atoms with Gasteiger partial charge in [0, 0.05) is 18.5 Å². The summed E-state index contributed by atoms with van der Waals surface area (Å²) in [6.07, 6.45) is -4.15. The van der Waals surface area contributed by atoms with Crippen molar-refractivity contribution in [1.82, 2.24) is 4.90 Å². The van der Waals surface area contributed by atoms with Crippen LogP contribution < -0.4 is 0 Å². The number of carbonyl (C=O) groups is 1. The first kappa shape index (κ1) is 18.2. The van der Waals surface area contributed by atoms with Gasteiger partial charge in [-0.3, -0.25) is 4.79 Å². The Morgan fingerprint density at radius 3 is 2.16 bits per heavy atom. The first-order chi connectivity index (χ1) is 11.7. The molecule has 2 bridgehead atoms. The van der Waals surface area contributed by atoms with Crippen LogP contribution in [0.3, 0.4) is 0 Å². The van der Waals surface area contributed by atoms with Crippen LogP contribution in [0.15, 0.2) is 35.2 Å². The zero-order valence-electron chi connectivity index (χ0n) is 13.6. The summed E-state index contributed by atoms with van der Waals surface area (Å²) in [5.74, 6) is -0.514. The van der Waals surface area contributed by atoms with Crippen LogP contribution in [-0.2, 0) is 14.6 Å². The lowest BCUT2D eigenvalue weighted by molar-refractivity contribution is -0.151. The highest BCUT2D eigenvalue weighted by Gasteiger charge is 2.47. The van der Waals surface area contributed by atoms with Gasteiger partial charge < -0.3 is 4.90 Å². The number of alkyl halides is 3. The Morgan fingerprint density at radius 2 is 1.64 bits per heavy atom. The fraction of sp³-hybridized carbons (Fsp3) is 0.588. The molecular weight excluding hydrogens is 355 g/mol. The van der Waals surface area contributed by atoms with Crippen molar-refractivity contribution in [2.24, 2.45) is 0 Å². The molecule has 25 heavy (non-hydrogen) atoms. The van der Waals surface area contributed by atoms with E-state index in [9.17, 15) is 26.4 Å². The zero-order chi connectivity index (χ0) is 18.2. The van der Waals surface area contributed by atoms with Gasteiger partial charge in [-0.1, -0.05) is 18.2 Å². The summed E-state index contributed by atoms with van der Waals surface area (Å²) in [6, 6.07) is 7.63. The van der Waals surface area contributed by atoms with Crippen LogP contribution in [0.2, 0.25) is 0 Å². The number of halogens is 3. The van der Waals surface area contributed by atoms with E-state index in [2.05, 4.69) is 0 Å². The Morgan fingerprint density at radius 1 is 1.08 bits per heavy atom. The SMILES string of the molecule is O=C(CCC(F)(F)F)N1C2CCC1CC(S(=O)(=O)c1ccccc1)C2. The normalized spacial score (nSPS) is 26.7. The maximum absolute atomic E-state index is 12.8. The molecule has 8 heteroatoms. The van der Waals surface area contributed by atoms with Crippen LogP contribution in [0.4, 0.5) is 13.2 Å². The van der Waals surface area contributed by atoms with E-state index in [4.69, 9.17) is 0 Å². The van der Waals surface area contributed by atoms with E-state index in [0.29, 0.717) is 25.7 Å². The lowest BCUT2D eigenvalue weighted by Gasteiger charge is -2.38. The highest BCUT2D eigenvalue weighted by molar-refractivity contribution is 7.92. The van der Waals surface area contributed by atoms with Crippen molar-refractivity contribution in [3.63, 3.8) is 0 Å². The molecule has 0 radical (unpaired) electrons. The number of hydrogen-bond donors (Lipinski definition) is 0. The second kappa shape index (κ2) is 6.63. The summed E-state index contributed by atoms with van der Waals surface area (Å²) in [5.41, 5.74) is 0. The van der Waals surface area contributed by atoms with Gasteiger partial charge in [0.05, 0.1) is 16.6 Å². The summed E-state index contributed by atoms with van der Waals surface area (Å²) in [5, 5.41) is -0.584. The van der Waals surface area contributed by atoms with Crippen LogP contribution in [0.25, 0.3) is 0 Å². The Labute approximate surface area is 144 Å². The number of nitrogens with zero attached hydrogens (tertiary/aromatic N) is 1. The number of amides is 1. The number of piperidine rings is 1. The first-order valence-corrected chi connectivity index (χ1v) is 9.90. The zero-order valence-corrected chi connectivity index (χ0v) is 14.4. The topological polar surface area (TPSA) is 54.5 Å². The van der Waals surface area contributed by atoms with Crippen molar-refractivity contribution in [3.8, 4) is 0 Å². The van der Waals surface area contributed by atoms with E-state index < -0.39 is 40.0 Å². The minimum absolute atomic E-state index is 0.260. The Balaban J connectivity index is 1.71. The quantitative estimate of drug-likeness (QED) is 0.811. The van der Waals surface area contributed by atoms with Gasteiger partial charge in [-0.25, -0.2) is 8.42 Å². The molecule has 0 saturated carbocycles. The number of fused-ring (bicyclic) bond motifs is 2. The van der Waals surface area contributed by atoms with Gasteiger partial charge in [-0.05, 0) is 37.8 Å². The van der Waals surface area contributed by atoms with Gasteiger partial charge in [-0.15, -0.1) is 0 Å². The third-order valence-corrected chi connectivity index (χ3v) is 7.30. The molecule has 0 spiro atoms. The molecule has 1 amide bonds. The molecule has 2 unspecified atom stereocenters. The smallest absolute Gasteiger partial charge is 0.337 e. The highest BCUT2D eigenvalue weighted by Crippen LogP contribution is 2.40. The molecule has 4 nitrogen and oxygen atoms in total. The Hall–Kier alpha value is -1.57. The fourth-order valence-electron chi connectivity index (χ4n) is 3.97. The van der Waals surface area contributed by atoms with Gasteiger partial charge in [0.2, 0.25) is 5.91 Å². The molecule has 2 atom stereocenters. The second-order valence-electron chi connectivity index (χ2n) is 6.75. The van der Waals surface area contributed by atoms with E-state index in [1.54, 1.807) is 30.3 Å². The number of benzene rings is 1. The third-order valence-electron chi connectivity index (χ3n) is 5.11. The molecule has 1 aromatic carbocycles. The van der Waals surface area contributed by atoms with Crippen molar-refractivity contribution in [1.29, 1.82) is 0 Å². The lowest BCUT2D eigenvalue weighted by Crippen LogP contribution is -2.49. The van der Waals surface area contributed by atoms with Crippen molar-refractivity contribution in [2.75, 3.05) is 0 Å². The number of rotatable bonds is 4. The summed E-state index contributed by atoms with van der Waals surface area (Å²) >= 11 is 0. The monoisotopic (exact) mass is 375 g/mol. The second-order valence-corrected chi connectivity index (χ2v) is 8.98. The highest BCUT2D eigenvalue weighted by atomic mass is 32.2. The van der Waals surface area contributed by atoms with Crippen molar-refractivity contribution in [2.45, 2.75) is 66.9 Å². The van der Waals surface area contributed by atoms with Crippen LogP contribution in [0.1, 0.15) is 38.5 Å². The molecular formula is C17H20F3NO3S. The lowest BCUT2D eigenvalue weighted by atomic mass is 10.0. The largest absolute Gasteiger partial charge is 0.389 e. The van der Waals surface area contributed by atoms with E-state index in [0.717, 1.165) is 0 Å². The predicted molar refractivity (Wildman–Crippen MR) is 85.6 cm³/mol. The average Bonchev–Trinajstić information content (AvgIpc) is 2.82. The van der Waals surface area contributed by atoms with Crippen LogP contribution in [-0.4, -0.2) is 42.7 Å². The first-order valence-electron chi connectivity index (χ1n) is 8.35. The molecule has 1 aromatic rings. The molecule has 2 aliphatic heterocycles. The third kappa shape index (κ3) is 3.83. The maximum atomic E-state index is 12.8. The van der Waals surface area contributed by atoms with Crippen LogP contribution in [0, 0.1) is 0 Å². The van der Waals surface area contributed by atoms with E-state index in [1.807, 2.05) is 0 Å². The molecule has 0 aromatic heterocycles. The molecule has 0 N–H and O–H groups in total. The van der Waals surface area contributed by atoms with Crippen molar-refractivity contribution >= 4 is 15.7 Å². The van der Waals surface area contributed by atoms with Gasteiger partial charge >= 0.3 is 6.18 Å². The maximum Gasteiger partial charge on any atom is 0.389 e. The van der Waals surface area contributed by atoms with Gasteiger partial charge in [0.25, 0.3) is 0 Å². The van der Waals surface area contributed by atoms with Crippen molar-refractivity contribution in [3.05, 3.63) is 30.3 Å². The summed E-state index contributed by atoms with van der Waals surface area (Å²) in [4.78, 5) is 14.0. The molecule has 2 aliphatic rings. The minimum atomic E-state index is -4.36. The Kier molecular flexibility index (Phi) is 4.83. The van der Waals surface area contributed by atoms with E-state index in [1.165, 1.54) is 4.90 Å². The number of hydrogen-bond acceptors (Lipinski definition) is 3. The molecule has 3 rings (SSSR count). The molecule has 138 valence electrons. The summed E-state index contributed by atoms with van der Waals surface area (Å²) < 4.78 is 62.6. The van der Waals surface area contributed by atoms with Gasteiger partial charge in [0.15, 0.2) is 9.84 Å². The van der Waals surface area contributed by atoms with Crippen molar-refractivity contribution < 1.29 is 26.4 Å². The van der Waals surface area contributed by atoms with Gasteiger partial charge in [-0.2, -0.15) is 13.2 Å². The van der Waals surface area contributed by atoms with Gasteiger partial charge in [0.1, 0.15) is 0 Å². The molecule has 2 fully saturated rings. The van der Waals surface area contributed by atoms with E-state index in [-0.39, 0.29) is 17.0 Å². The fourth-order valence-corrected chi connectivity index (χ4v) is 5.84.